The molecule has 1 aliphatic carbocycles. The average molecular weight is 157 g/mol. The van der Waals surface area contributed by atoms with Gasteiger partial charge in [-0.3, -0.25) is 0 Å². The second-order valence-electron chi connectivity index (χ2n) is 2.49. The Labute approximate surface area is 74.3 Å². The Morgan fingerprint density at radius 3 is 2.58 bits per heavy atom. The topological polar surface area (TPSA) is 0 Å². The number of rotatable bonds is 0. The molecule has 0 unspecified atom stereocenters. The highest BCUT2D eigenvalue weighted by Crippen LogP contribution is 1.93. The first-order valence-electron chi connectivity index (χ1n) is 4.21. The quantitative estimate of drug-likeness (QED) is 0.473. The summed E-state index contributed by atoms with van der Waals surface area (Å²) < 4.78 is 0. The summed E-state index contributed by atoms with van der Waals surface area (Å²) in [5.41, 5.74) is 0. The normalized spacial score (nSPS) is 30.7. The molecule has 0 heteroatoms. The summed E-state index contributed by atoms with van der Waals surface area (Å²) in [6.45, 7) is 0. The van der Waals surface area contributed by atoms with E-state index in [-0.39, 0.29) is 0 Å². The standard InChI is InChI=1S/C12H13/c1-2-4-6-8-10-12-11-9-7-5-3-1/h1-6,9-11H,7,12H2/b2-1+,5-3+,6-4+,10-8?,11-9-. The zero-order chi connectivity index (χ0) is 8.49. The minimum atomic E-state index is 0.974. The second kappa shape index (κ2) is 6.41. The molecule has 0 heterocycles. The predicted octanol–water partition coefficient (Wildman–Crippen LogP) is 3.36. The molecule has 0 saturated heterocycles. The molecule has 0 aromatic heterocycles. The van der Waals surface area contributed by atoms with E-state index in [0.29, 0.717) is 0 Å². The molecule has 0 aromatic carbocycles. The highest BCUT2D eigenvalue weighted by molar-refractivity contribution is 5.14. The van der Waals surface area contributed by atoms with E-state index in [1.54, 1.807) is 0 Å². The molecule has 0 saturated carbocycles. The third-order valence-electron chi connectivity index (χ3n) is 1.47. The molecule has 0 atom stereocenters. The van der Waals surface area contributed by atoms with Crippen molar-refractivity contribution in [1.29, 1.82) is 0 Å². The van der Waals surface area contributed by atoms with Gasteiger partial charge in [-0.15, -0.1) is 0 Å². The smallest absolute Gasteiger partial charge is 0.0160 e. The van der Waals surface area contributed by atoms with Crippen molar-refractivity contribution in [3.8, 4) is 0 Å². The average Bonchev–Trinajstić information content (AvgIpc) is 2.05. The van der Waals surface area contributed by atoms with Gasteiger partial charge < -0.3 is 0 Å². The lowest BCUT2D eigenvalue weighted by Gasteiger charge is -1.83. The summed E-state index contributed by atoms with van der Waals surface area (Å²) in [7, 11) is 0. The summed E-state index contributed by atoms with van der Waals surface area (Å²) >= 11 is 0. The second-order valence-corrected chi connectivity index (χ2v) is 2.49. The van der Waals surface area contributed by atoms with Crippen molar-refractivity contribution in [3.05, 3.63) is 60.8 Å². The summed E-state index contributed by atoms with van der Waals surface area (Å²) in [5.74, 6) is 0. The lowest BCUT2D eigenvalue weighted by molar-refractivity contribution is 1.30. The van der Waals surface area contributed by atoms with E-state index in [0.717, 1.165) is 12.8 Å². The molecule has 0 amide bonds. The molecule has 0 bridgehead atoms. The van der Waals surface area contributed by atoms with Gasteiger partial charge in [0.25, 0.3) is 0 Å². The molecule has 1 rings (SSSR count). The van der Waals surface area contributed by atoms with Crippen LogP contribution in [0.2, 0.25) is 0 Å². The van der Waals surface area contributed by atoms with Gasteiger partial charge in [-0.25, -0.2) is 0 Å². The van der Waals surface area contributed by atoms with Gasteiger partial charge in [0.1, 0.15) is 0 Å². The molecule has 1 aliphatic rings. The molecular formula is C12H13. The van der Waals surface area contributed by atoms with E-state index in [9.17, 15) is 0 Å². The highest BCUT2D eigenvalue weighted by Gasteiger charge is 1.72. The Bertz CT molecular complexity index is 211. The van der Waals surface area contributed by atoms with Gasteiger partial charge >= 0.3 is 0 Å². The Kier molecular flexibility index (Phi) is 4.70. The molecule has 0 aromatic rings. The van der Waals surface area contributed by atoms with Crippen LogP contribution in [0.15, 0.2) is 54.7 Å². The van der Waals surface area contributed by atoms with Crippen molar-refractivity contribution in [2.24, 2.45) is 0 Å². The lowest BCUT2D eigenvalue weighted by atomic mass is 10.2. The summed E-state index contributed by atoms with van der Waals surface area (Å²) in [5, 5.41) is 0. The molecule has 0 N–H and O–H groups in total. The Morgan fingerprint density at radius 2 is 1.58 bits per heavy atom. The van der Waals surface area contributed by atoms with Crippen LogP contribution in [-0.2, 0) is 0 Å². The van der Waals surface area contributed by atoms with Crippen molar-refractivity contribution in [1.82, 2.24) is 0 Å². The van der Waals surface area contributed by atoms with Gasteiger partial charge in [0.2, 0.25) is 0 Å². The van der Waals surface area contributed by atoms with Crippen LogP contribution < -0.4 is 0 Å². The van der Waals surface area contributed by atoms with Crippen LogP contribution in [-0.4, -0.2) is 0 Å². The minimum Gasteiger partial charge on any atom is -0.0844 e. The maximum absolute atomic E-state index is 3.07. The van der Waals surface area contributed by atoms with Crippen molar-refractivity contribution < 1.29 is 0 Å². The van der Waals surface area contributed by atoms with E-state index in [1.165, 1.54) is 0 Å². The van der Waals surface area contributed by atoms with E-state index in [2.05, 4.69) is 30.4 Å². The van der Waals surface area contributed by atoms with Gasteiger partial charge in [0.05, 0.1) is 0 Å². The van der Waals surface area contributed by atoms with Crippen LogP contribution in [0.1, 0.15) is 12.8 Å². The third kappa shape index (κ3) is 4.51. The van der Waals surface area contributed by atoms with Crippen LogP contribution in [0.3, 0.4) is 0 Å². The summed E-state index contributed by atoms with van der Waals surface area (Å²) in [6.07, 6.45) is 23.5. The van der Waals surface area contributed by atoms with Gasteiger partial charge in [0, 0.05) is 0 Å². The fourth-order valence-electron chi connectivity index (χ4n) is 0.872. The van der Waals surface area contributed by atoms with E-state index < -0.39 is 0 Å². The largest absolute Gasteiger partial charge is 0.0844 e. The Hall–Kier alpha value is -1.30. The van der Waals surface area contributed by atoms with Gasteiger partial charge in [-0.05, 0) is 18.9 Å². The zero-order valence-corrected chi connectivity index (χ0v) is 7.11. The molecule has 0 nitrogen and oxygen atoms in total. The first-order chi connectivity index (χ1) is 6.00. The monoisotopic (exact) mass is 157 g/mol. The van der Waals surface area contributed by atoms with E-state index in [1.807, 2.05) is 30.4 Å². The number of hydrogen-bond acceptors (Lipinski definition) is 0. The molecular weight excluding hydrogens is 144 g/mol. The fourth-order valence-corrected chi connectivity index (χ4v) is 0.872. The van der Waals surface area contributed by atoms with E-state index in [4.69, 9.17) is 0 Å². The van der Waals surface area contributed by atoms with Gasteiger partial charge in [-0.2, -0.15) is 0 Å². The lowest BCUT2D eigenvalue weighted by Crippen LogP contribution is -1.62. The summed E-state index contributed by atoms with van der Waals surface area (Å²) in [6, 6.07) is 0. The molecule has 0 spiro atoms. The molecule has 1 radical (unpaired) electrons. The first-order valence-corrected chi connectivity index (χ1v) is 4.21. The molecule has 0 fully saturated rings. The summed E-state index contributed by atoms with van der Waals surface area (Å²) in [4.78, 5) is 0. The molecule has 12 heavy (non-hydrogen) atoms. The maximum atomic E-state index is 3.07. The molecule has 61 valence electrons. The van der Waals surface area contributed by atoms with Crippen molar-refractivity contribution in [2.75, 3.05) is 0 Å². The van der Waals surface area contributed by atoms with Crippen molar-refractivity contribution >= 4 is 0 Å². The van der Waals surface area contributed by atoms with Crippen molar-refractivity contribution in [2.45, 2.75) is 12.8 Å². The highest BCUT2D eigenvalue weighted by atomic mass is 13.8. The van der Waals surface area contributed by atoms with Crippen LogP contribution in [0, 0.1) is 6.08 Å². The van der Waals surface area contributed by atoms with Gasteiger partial charge in [0.15, 0.2) is 0 Å². The van der Waals surface area contributed by atoms with Crippen molar-refractivity contribution in [3.63, 3.8) is 0 Å². The fraction of sp³-hybridized carbons (Fsp3) is 0.167. The predicted molar refractivity (Wildman–Crippen MR) is 53.6 cm³/mol. The Balaban J connectivity index is 2.55. The van der Waals surface area contributed by atoms with Crippen LogP contribution in [0.25, 0.3) is 0 Å². The van der Waals surface area contributed by atoms with E-state index >= 15 is 0 Å². The van der Waals surface area contributed by atoms with Crippen LogP contribution in [0.4, 0.5) is 0 Å². The van der Waals surface area contributed by atoms with Gasteiger partial charge in [-0.1, -0.05) is 54.7 Å². The number of hydrogen-bond donors (Lipinski definition) is 0. The van der Waals surface area contributed by atoms with Crippen LogP contribution >= 0.6 is 0 Å². The number of allylic oxidation sites excluding steroid dienone is 10. The van der Waals surface area contributed by atoms with Crippen LogP contribution in [0.5, 0.6) is 0 Å². The third-order valence-corrected chi connectivity index (χ3v) is 1.47. The molecule has 0 aliphatic heterocycles. The Morgan fingerprint density at radius 1 is 0.750 bits per heavy atom. The zero-order valence-electron chi connectivity index (χ0n) is 7.11. The SMILES string of the molecule is [C]1=C\C/C=C\C/C=C/C=C/C=C/1. The minimum absolute atomic E-state index is 0.974. The maximum Gasteiger partial charge on any atom is -0.0160 e. The first kappa shape index (κ1) is 8.79.